The van der Waals surface area contributed by atoms with Crippen molar-refractivity contribution < 1.29 is 5.11 Å². The van der Waals surface area contributed by atoms with E-state index in [1.54, 1.807) is 18.3 Å². The van der Waals surface area contributed by atoms with E-state index in [-0.39, 0.29) is 17.8 Å². The van der Waals surface area contributed by atoms with E-state index in [2.05, 4.69) is 52.1 Å². The number of phenolic OH excluding ortho intramolecular Hbond substituents is 1. The molecule has 0 aliphatic carbocycles. The van der Waals surface area contributed by atoms with E-state index in [1.165, 1.54) is 5.56 Å². The van der Waals surface area contributed by atoms with Crippen LogP contribution in [0.2, 0.25) is 0 Å². The molecule has 4 rings (SSSR count). The Balaban J connectivity index is 1.81. The van der Waals surface area contributed by atoms with Crippen molar-refractivity contribution in [1.29, 1.82) is 0 Å². The Kier molecular flexibility index (Phi) is 4.58. The Hall–Kier alpha value is -2.86. The van der Waals surface area contributed by atoms with Crippen LogP contribution < -0.4 is 10.2 Å². The summed E-state index contributed by atoms with van der Waals surface area (Å²) in [5, 5.41) is 13.8. The molecular formula is C21H22N4OS. The Bertz CT molecular complexity index is 936. The summed E-state index contributed by atoms with van der Waals surface area (Å²) < 4.78 is 2.20. The van der Waals surface area contributed by atoms with Gasteiger partial charge in [-0.2, -0.15) is 0 Å². The van der Waals surface area contributed by atoms with Crippen LogP contribution in [0.3, 0.4) is 0 Å². The molecule has 5 nitrogen and oxygen atoms in total. The largest absolute Gasteiger partial charge is 0.508 e. The number of nitrogens with zero attached hydrogens (tertiary/aromatic N) is 3. The maximum Gasteiger partial charge on any atom is 0.174 e. The van der Waals surface area contributed by atoms with Gasteiger partial charge in [-0.1, -0.05) is 6.07 Å². The van der Waals surface area contributed by atoms with Crippen molar-refractivity contribution >= 4 is 23.0 Å². The molecule has 1 saturated heterocycles. The van der Waals surface area contributed by atoms with Crippen LogP contribution in [0.4, 0.5) is 5.69 Å². The van der Waals surface area contributed by atoms with Crippen molar-refractivity contribution in [2.45, 2.75) is 32.0 Å². The molecule has 1 aliphatic rings. The van der Waals surface area contributed by atoms with E-state index in [1.807, 2.05) is 30.3 Å². The standard InChI is InChI=1S/C21H22N4OS/c1-14(2)24-12-10-15(13-24)20-19(18-5-3-4-11-22-18)23-21(27)25(20)16-6-8-17(26)9-7-16/h3-14,19-20,26H,1-2H3,(H,23,27)/t19-,20-/m1/s1. The lowest BCUT2D eigenvalue weighted by Crippen LogP contribution is -2.29. The van der Waals surface area contributed by atoms with Gasteiger partial charge in [-0.05, 0) is 74.1 Å². The molecule has 0 amide bonds. The highest BCUT2D eigenvalue weighted by Crippen LogP contribution is 2.41. The fourth-order valence-electron chi connectivity index (χ4n) is 3.51. The minimum atomic E-state index is -0.0597. The third kappa shape index (κ3) is 3.28. The van der Waals surface area contributed by atoms with E-state index in [0.29, 0.717) is 11.2 Å². The Morgan fingerprint density at radius 2 is 1.89 bits per heavy atom. The Morgan fingerprint density at radius 1 is 1.11 bits per heavy atom. The number of aromatic hydroxyl groups is 1. The number of thiocarbonyl (C=S) groups is 1. The lowest BCUT2D eigenvalue weighted by molar-refractivity contribution is 0.475. The molecule has 2 aromatic heterocycles. The lowest BCUT2D eigenvalue weighted by atomic mass is 9.98. The maximum absolute atomic E-state index is 9.66. The number of hydrogen-bond donors (Lipinski definition) is 2. The van der Waals surface area contributed by atoms with Crippen LogP contribution in [-0.4, -0.2) is 19.8 Å². The first-order chi connectivity index (χ1) is 13.0. The summed E-state index contributed by atoms with van der Waals surface area (Å²) in [7, 11) is 0. The summed E-state index contributed by atoms with van der Waals surface area (Å²) in [6.07, 6.45) is 6.08. The molecule has 0 unspecified atom stereocenters. The van der Waals surface area contributed by atoms with Gasteiger partial charge in [0.1, 0.15) is 5.75 Å². The number of anilines is 1. The molecule has 0 radical (unpaired) electrons. The van der Waals surface area contributed by atoms with Crippen molar-refractivity contribution in [3.63, 3.8) is 0 Å². The second kappa shape index (κ2) is 7.04. The first kappa shape index (κ1) is 17.5. The van der Waals surface area contributed by atoms with Gasteiger partial charge in [0.05, 0.1) is 17.8 Å². The molecule has 1 aromatic carbocycles. The zero-order valence-corrected chi connectivity index (χ0v) is 16.1. The average Bonchev–Trinajstić information content (AvgIpc) is 3.28. The summed E-state index contributed by atoms with van der Waals surface area (Å²) in [6, 6.07) is 15.5. The van der Waals surface area contributed by atoms with Crippen LogP contribution in [0, 0.1) is 0 Å². The molecule has 2 atom stereocenters. The molecule has 27 heavy (non-hydrogen) atoms. The van der Waals surface area contributed by atoms with Crippen molar-refractivity contribution in [2.75, 3.05) is 4.90 Å². The maximum atomic E-state index is 9.66. The Morgan fingerprint density at radius 3 is 2.52 bits per heavy atom. The number of rotatable bonds is 4. The van der Waals surface area contributed by atoms with Gasteiger partial charge in [0.15, 0.2) is 5.11 Å². The second-order valence-corrected chi connectivity index (χ2v) is 7.39. The van der Waals surface area contributed by atoms with Gasteiger partial charge >= 0.3 is 0 Å². The smallest absolute Gasteiger partial charge is 0.174 e. The number of benzene rings is 1. The predicted molar refractivity (Wildman–Crippen MR) is 111 cm³/mol. The minimum Gasteiger partial charge on any atom is -0.508 e. The molecule has 2 N–H and O–H groups in total. The molecule has 6 heteroatoms. The van der Waals surface area contributed by atoms with Gasteiger partial charge in [0.2, 0.25) is 0 Å². The third-order valence-corrected chi connectivity index (χ3v) is 5.22. The normalized spacial score (nSPS) is 19.5. The zero-order valence-electron chi connectivity index (χ0n) is 15.3. The van der Waals surface area contributed by atoms with Crippen LogP contribution in [0.5, 0.6) is 5.75 Å². The summed E-state index contributed by atoms with van der Waals surface area (Å²) >= 11 is 5.69. The van der Waals surface area contributed by atoms with E-state index in [9.17, 15) is 5.11 Å². The van der Waals surface area contributed by atoms with Gasteiger partial charge < -0.3 is 19.9 Å². The molecule has 3 heterocycles. The molecule has 0 spiro atoms. The molecule has 138 valence electrons. The van der Waals surface area contributed by atoms with E-state index >= 15 is 0 Å². The summed E-state index contributed by atoms with van der Waals surface area (Å²) in [5.74, 6) is 0.237. The molecule has 0 bridgehead atoms. The SMILES string of the molecule is CC(C)n1ccc([C@@H]2[C@@H](c3ccccn3)NC(=S)N2c2ccc(O)cc2)c1. The fourth-order valence-corrected chi connectivity index (χ4v) is 3.86. The number of phenols is 1. The fraction of sp³-hybridized carbons (Fsp3) is 0.238. The number of hydrogen-bond acceptors (Lipinski definition) is 3. The highest BCUT2D eigenvalue weighted by molar-refractivity contribution is 7.80. The van der Waals surface area contributed by atoms with Gasteiger partial charge in [0.25, 0.3) is 0 Å². The summed E-state index contributed by atoms with van der Waals surface area (Å²) in [5.41, 5.74) is 3.05. The molecule has 3 aromatic rings. The van der Waals surface area contributed by atoms with Gasteiger partial charge in [-0.3, -0.25) is 4.98 Å². The average molecular weight is 379 g/mol. The lowest BCUT2D eigenvalue weighted by Gasteiger charge is -2.27. The van der Waals surface area contributed by atoms with Gasteiger partial charge in [0, 0.05) is 30.3 Å². The highest BCUT2D eigenvalue weighted by Gasteiger charge is 2.41. The van der Waals surface area contributed by atoms with Crippen molar-refractivity contribution in [2.24, 2.45) is 0 Å². The van der Waals surface area contributed by atoms with Crippen LogP contribution in [0.25, 0.3) is 0 Å². The van der Waals surface area contributed by atoms with E-state index in [4.69, 9.17) is 12.2 Å². The topological polar surface area (TPSA) is 53.3 Å². The van der Waals surface area contributed by atoms with Crippen molar-refractivity contribution in [1.82, 2.24) is 14.9 Å². The predicted octanol–water partition coefficient (Wildman–Crippen LogP) is 4.35. The van der Waals surface area contributed by atoms with Crippen LogP contribution in [-0.2, 0) is 0 Å². The van der Waals surface area contributed by atoms with E-state index < -0.39 is 0 Å². The summed E-state index contributed by atoms with van der Waals surface area (Å²) in [4.78, 5) is 6.66. The monoisotopic (exact) mass is 378 g/mol. The third-order valence-electron chi connectivity index (χ3n) is 4.90. The van der Waals surface area contributed by atoms with Crippen molar-refractivity contribution in [3.8, 4) is 5.75 Å². The zero-order chi connectivity index (χ0) is 19.0. The first-order valence-corrected chi connectivity index (χ1v) is 9.42. The van der Waals surface area contributed by atoms with E-state index in [0.717, 1.165) is 11.4 Å². The van der Waals surface area contributed by atoms with Crippen LogP contribution in [0.1, 0.15) is 43.2 Å². The van der Waals surface area contributed by atoms with Gasteiger partial charge in [-0.25, -0.2) is 0 Å². The molecular weight excluding hydrogens is 356 g/mol. The number of pyridine rings is 1. The molecule has 1 aliphatic heterocycles. The highest BCUT2D eigenvalue weighted by atomic mass is 32.1. The van der Waals surface area contributed by atoms with Crippen LogP contribution in [0.15, 0.2) is 67.1 Å². The minimum absolute atomic E-state index is 0.0306. The molecule has 1 fully saturated rings. The number of nitrogens with one attached hydrogen (secondary N) is 1. The van der Waals surface area contributed by atoms with Gasteiger partial charge in [-0.15, -0.1) is 0 Å². The van der Waals surface area contributed by atoms with Crippen LogP contribution >= 0.6 is 12.2 Å². The second-order valence-electron chi connectivity index (χ2n) is 7.00. The first-order valence-electron chi connectivity index (χ1n) is 9.01. The molecule has 0 saturated carbocycles. The number of aromatic nitrogens is 2. The Labute approximate surface area is 164 Å². The quantitative estimate of drug-likeness (QED) is 0.661. The van der Waals surface area contributed by atoms with Crippen molar-refractivity contribution in [3.05, 3.63) is 78.4 Å². The summed E-state index contributed by atoms with van der Waals surface area (Å²) in [6.45, 7) is 4.32.